The van der Waals surface area contributed by atoms with E-state index in [9.17, 15) is 9.18 Å². The number of carbonyl (C=O) groups is 1. The molecule has 0 atom stereocenters. The van der Waals surface area contributed by atoms with E-state index in [4.69, 9.17) is 0 Å². The zero-order valence-electron chi connectivity index (χ0n) is 20.4. The van der Waals surface area contributed by atoms with Crippen LogP contribution in [-0.2, 0) is 6.42 Å². The lowest BCUT2D eigenvalue weighted by Crippen LogP contribution is -2.47. The Morgan fingerprint density at radius 1 is 0.892 bits per heavy atom. The number of rotatable bonds is 7. The van der Waals surface area contributed by atoms with Crippen molar-refractivity contribution in [1.29, 1.82) is 0 Å². The van der Waals surface area contributed by atoms with Crippen LogP contribution in [0.15, 0.2) is 72.9 Å². The molecule has 1 fully saturated rings. The first-order valence-corrected chi connectivity index (χ1v) is 12.2. The van der Waals surface area contributed by atoms with E-state index in [0.29, 0.717) is 35.5 Å². The number of hydrogen-bond donors (Lipinski definition) is 2. The van der Waals surface area contributed by atoms with Crippen LogP contribution in [0, 0.1) is 5.82 Å². The Morgan fingerprint density at radius 2 is 1.62 bits per heavy atom. The highest BCUT2D eigenvalue weighted by molar-refractivity contribution is 6.04. The number of para-hydroxylation sites is 1. The summed E-state index contributed by atoms with van der Waals surface area (Å²) in [5.74, 6) is 1.73. The number of aryl methyl sites for hydroxylation is 1. The van der Waals surface area contributed by atoms with Crippen molar-refractivity contribution in [2.24, 2.45) is 0 Å². The molecule has 1 aliphatic rings. The van der Waals surface area contributed by atoms with Crippen LogP contribution in [0.2, 0.25) is 0 Å². The number of halogens is 1. The van der Waals surface area contributed by atoms with Crippen LogP contribution in [0.4, 0.5) is 33.5 Å². The predicted molar refractivity (Wildman–Crippen MR) is 142 cm³/mol. The predicted octanol–water partition coefficient (Wildman–Crippen LogP) is 4.29. The topological polar surface area (TPSA) is 99.2 Å². The van der Waals surface area contributed by atoms with Gasteiger partial charge in [0, 0.05) is 50.2 Å². The monoisotopic (exact) mass is 498 g/mol. The molecular weight excluding hydrogens is 471 g/mol. The summed E-state index contributed by atoms with van der Waals surface area (Å²) in [5.41, 5.74) is 2.16. The van der Waals surface area contributed by atoms with Gasteiger partial charge in [-0.2, -0.15) is 15.0 Å². The van der Waals surface area contributed by atoms with Crippen LogP contribution >= 0.6 is 0 Å². The Balaban J connectivity index is 1.24. The highest BCUT2D eigenvalue weighted by Crippen LogP contribution is 2.21. The van der Waals surface area contributed by atoms with Crippen molar-refractivity contribution in [3.8, 4) is 0 Å². The molecular formula is C27H27FN8O. The third-order valence-electron chi connectivity index (χ3n) is 6.04. The van der Waals surface area contributed by atoms with E-state index < -0.39 is 0 Å². The maximum Gasteiger partial charge on any atom is 0.257 e. The lowest BCUT2D eigenvalue weighted by atomic mass is 10.2. The van der Waals surface area contributed by atoms with E-state index in [1.54, 1.807) is 24.3 Å². The van der Waals surface area contributed by atoms with E-state index >= 15 is 0 Å². The summed E-state index contributed by atoms with van der Waals surface area (Å²) in [5, 5.41) is 5.98. The van der Waals surface area contributed by atoms with E-state index in [0.717, 1.165) is 37.6 Å². The number of piperazine rings is 1. The summed E-state index contributed by atoms with van der Waals surface area (Å²) in [6.07, 6.45) is 2.17. The van der Waals surface area contributed by atoms with Gasteiger partial charge < -0.3 is 20.4 Å². The van der Waals surface area contributed by atoms with E-state index in [2.05, 4.69) is 40.4 Å². The minimum atomic E-state index is -0.237. The number of carbonyl (C=O) groups excluding carboxylic acids is 1. The number of pyridine rings is 1. The van der Waals surface area contributed by atoms with Crippen LogP contribution in [0.1, 0.15) is 23.1 Å². The zero-order chi connectivity index (χ0) is 25.6. The maximum atomic E-state index is 13.3. The van der Waals surface area contributed by atoms with Gasteiger partial charge in [-0.3, -0.25) is 4.79 Å². The highest BCUT2D eigenvalue weighted by Gasteiger charge is 2.21. The van der Waals surface area contributed by atoms with Gasteiger partial charge in [-0.25, -0.2) is 9.37 Å². The molecule has 0 spiro atoms. The molecule has 1 amide bonds. The molecule has 0 radical (unpaired) electrons. The van der Waals surface area contributed by atoms with E-state index in [1.165, 1.54) is 18.3 Å². The lowest BCUT2D eigenvalue weighted by Gasteiger charge is -2.36. The number of aromatic nitrogens is 4. The molecule has 3 heterocycles. The van der Waals surface area contributed by atoms with Gasteiger partial charge in [0.25, 0.3) is 5.91 Å². The second kappa shape index (κ2) is 11.0. The average molecular weight is 499 g/mol. The molecule has 2 N–H and O–H groups in total. The third-order valence-corrected chi connectivity index (χ3v) is 6.04. The smallest absolute Gasteiger partial charge is 0.257 e. The first kappa shape index (κ1) is 24.1. The van der Waals surface area contributed by atoms with Crippen molar-refractivity contribution >= 4 is 35.0 Å². The first-order chi connectivity index (χ1) is 18.1. The minimum Gasteiger partial charge on any atom is -0.368 e. The molecule has 1 aliphatic heterocycles. The lowest BCUT2D eigenvalue weighted by molar-refractivity contribution is 0.102. The Kier molecular flexibility index (Phi) is 7.16. The van der Waals surface area contributed by atoms with Crippen LogP contribution in [0.3, 0.4) is 0 Å². The molecule has 0 bridgehead atoms. The molecule has 2 aromatic heterocycles. The Hall–Kier alpha value is -4.60. The molecule has 9 nitrogen and oxygen atoms in total. The van der Waals surface area contributed by atoms with Gasteiger partial charge in [0.2, 0.25) is 11.9 Å². The molecule has 10 heteroatoms. The number of nitrogens with zero attached hydrogens (tertiary/aromatic N) is 6. The van der Waals surface area contributed by atoms with Gasteiger partial charge in [-0.05, 0) is 48.5 Å². The van der Waals surface area contributed by atoms with Crippen molar-refractivity contribution in [1.82, 2.24) is 19.9 Å². The third kappa shape index (κ3) is 5.97. The first-order valence-electron chi connectivity index (χ1n) is 12.2. The molecule has 0 saturated carbocycles. The molecule has 188 valence electrons. The second-order valence-corrected chi connectivity index (χ2v) is 8.56. The van der Waals surface area contributed by atoms with Crippen LogP contribution in [0.5, 0.6) is 0 Å². The molecule has 4 aromatic rings. The van der Waals surface area contributed by atoms with E-state index in [1.807, 2.05) is 37.3 Å². The highest BCUT2D eigenvalue weighted by atomic mass is 19.1. The second-order valence-electron chi connectivity index (χ2n) is 8.56. The van der Waals surface area contributed by atoms with Gasteiger partial charge in [0.15, 0.2) is 0 Å². The molecule has 5 rings (SSSR count). The standard InChI is InChI=1S/C27H27FN8O/c1-2-23-31-26(32-24-13-8-19(18-29-24)25(37)30-21-6-4-3-5-7-21)34-27(33-23)36-16-14-35(15-17-36)22-11-9-20(28)10-12-22/h3-13,18H,2,14-17H2,1H3,(H,30,37)(H,29,31,32,33,34). The van der Waals surface area contributed by atoms with Gasteiger partial charge in [0.1, 0.15) is 17.5 Å². The summed E-state index contributed by atoms with van der Waals surface area (Å²) in [6.45, 7) is 5.00. The van der Waals surface area contributed by atoms with Crippen molar-refractivity contribution in [2.75, 3.05) is 46.6 Å². The van der Waals surface area contributed by atoms with E-state index in [-0.39, 0.29) is 11.7 Å². The fourth-order valence-corrected chi connectivity index (χ4v) is 4.02. The Morgan fingerprint density at radius 3 is 2.30 bits per heavy atom. The van der Waals surface area contributed by atoms with Crippen LogP contribution < -0.4 is 20.4 Å². The normalized spacial score (nSPS) is 13.4. The number of hydrogen-bond acceptors (Lipinski definition) is 8. The summed E-state index contributed by atoms with van der Waals surface area (Å²) >= 11 is 0. The van der Waals surface area contributed by atoms with Gasteiger partial charge in [-0.15, -0.1) is 0 Å². The Labute approximate surface area is 214 Å². The zero-order valence-corrected chi connectivity index (χ0v) is 20.4. The number of amides is 1. The molecule has 2 aromatic carbocycles. The van der Waals surface area contributed by atoms with Crippen molar-refractivity contribution < 1.29 is 9.18 Å². The van der Waals surface area contributed by atoms with Crippen molar-refractivity contribution in [3.05, 3.63) is 90.1 Å². The fraction of sp³-hybridized carbons (Fsp3) is 0.222. The van der Waals surface area contributed by atoms with Gasteiger partial charge in [-0.1, -0.05) is 25.1 Å². The molecule has 0 unspecified atom stereocenters. The average Bonchev–Trinajstić information content (AvgIpc) is 2.94. The van der Waals surface area contributed by atoms with Crippen molar-refractivity contribution in [2.45, 2.75) is 13.3 Å². The fourth-order valence-electron chi connectivity index (χ4n) is 4.02. The molecule has 1 saturated heterocycles. The minimum absolute atomic E-state index is 0.235. The summed E-state index contributed by atoms with van der Waals surface area (Å²) in [4.78, 5) is 34.9. The largest absolute Gasteiger partial charge is 0.368 e. The summed E-state index contributed by atoms with van der Waals surface area (Å²) in [6, 6.07) is 19.2. The number of anilines is 5. The van der Waals surface area contributed by atoms with Gasteiger partial charge in [0.05, 0.1) is 5.56 Å². The summed E-state index contributed by atoms with van der Waals surface area (Å²) in [7, 11) is 0. The summed E-state index contributed by atoms with van der Waals surface area (Å²) < 4.78 is 13.3. The Bertz CT molecular complexity index is 1340. The quantitative estimate of drug-likeness (QED) is 0.389. The maximum absolute atomic E-state index is 13.3. The van der Waals surface area contributed by atoms with Gasteiger partial charge >= 0.3 is 0 Å². The van der Waals surface area contributed by atoms with Crippen LogP contribution in [-0.4, -0.2) is 52.0 Å². The SMILES string of the molecule is CCc1nc(Nc2ccc(C(=O)Nc3ccccc3)cn2)nc(N2CCN(c3ccc(F)cc3)CC2)n1. The molecule has 0 aliphatic carbocycles. The molecule has 37 heavy (non-hydrogen) atoms. The number of benzene rings is 2. The van der Waals surface area contributed by atoms with Crippen molar-refractivity contribution in [3.63, 3.8) is 0 Å². The van der Waals surface area contributed by atoms with Crippen LogP contribution in [0.25, 0.3) is 0 Å². The number of nitrogens with one attached hydrogen (secondary N) is 2.